The minimum Gasteiger partial charge on any atom is -0.399 e. The third-order valence-corrected chi connectivity index (χ3v) is 3.55. The molecule has 1 aliphatic rings. The molecule has 2 aromatic carbocycles. The van der Waals surface area contributed by atoms with Gasteiger partial charge in [0, 0.05) is 40.5 Å². The van der Waals surface area contributed by atoms with Crippen LogP contribution in [0.15, 0.2) is 48.2 Å². The molecule has 1 amide bonds. The Morgan fingerprint density at radius 2 is 2.04 bits per heavy atom. The normalized spacial score (nSPS) is 14.9. The number of hydrogen-bond acceptors (Lipinski definition) is 5. The number of amides is 1. The van der Waals surface area contributed by atoms with Gasteiger partial charge in [0.2, 0.25) is 0 Å². The number of fused-ring (bicyclic) bond motifs is 1. The molecular formula is C16H14N4O3. The molecule has 0 unspecified atom stereocenters. The molecule has 7 nitrogen and oxygen atoms in total. The molecule has 3 rings (SSSR count). The molecule has 0 radical (unpaired) electrons. The Morgan fingerprint density at radius 1 is 1.26 bits per heavy atom. The molecule has 0 atom stereocenters. The van der Waals surface area contributed by atoms with Gasteiger partial charge < -0.3 is 16.4 Å². The number of hydrogen-bond donors (Lipinski definition) is 3. The zero-order valence-electron chi connectivity index (χ0n) is 12.3. The molecule has 116 valence electrons. The highest BCUT2D eigenvalue weighted by molar-refractivity contribution is 6.32. The van der Waals surface area contributed by atoms with Gasteiger partial charge in [-0.05, 0) is 31.2 Å². The summed E-state index contributed by atoms with van der Waals surface area (Å²) in [6, 6.07) is 11.3. The van der Waals surface area contributed by atoms with Crippen LogP contribution < -0.4 is 16.4 Å². The molecule has 0 spiro atoms. The fourth-order valence-corrected chi connectivity index (χ4v) is 2.53. The highest BCUT2D eigenvalue weighted by atomic mass is 16.6. The number of carbonyl (C=O) groups excluding carboxylic acids is 1. The van der Waals surface area contributed by atoms with Gasteiger partial charge in [-0.15, -0.1) is 0 Å². The highest BCUT2D eigenvalue weighted by Gasteiger charge is 2.26. The summed E-state index contributed by atoms with van der Waals surface area (Å²) in [7, 11) is 0. The standard InChI is InChI=1S/C16H14N4O3/c1-9(18-11-3-2-4-12(8-11)20(22)23)15-13-7-10(17)5-6-14(13)19-16(15)21/h2-8,18H,17H2,1H3,(H,19,21). The number of nitro groups is 1. The van der Waals surface area contributed by atoms with Gasteiger partial charge in [0.15, 0.2) is 0 Å². The number of nitro benzene ring substituents is 1. The second-order valence-corrected chi connectivity index (χ2v) is 5.19. The first kappa shape index (κ1) is 14.6. The lowest BCUT2D eigenvalue weighted by molar-refractivity contribution is -0.384. The molecule has 0 aromatic heterocycles. The van der Waals surface area contributed by atoms with Crippen LogP contribution in [0.25, 0.3) is 5.57 Å². The van der Waals surface area contributed by atoms with Crippen LogP contribution in [0.3, 0.4) is 0 Å². The van der Waals surface area contributed by atoms with Crippen LogP contribution in [0, 0.1) is 10.1 Å². The number of nitrogens with two attached hydrogens (primary N) is 1. The van der Waals surface area contributed by atoms with Crippen molar-refractivity contribution in [2.24, 2.45) is 0 Å². The lowest BCUT2D eigenvalue weighted by atomic mass is 10.0. The summed E-state index contributed by atoms with van der Waals surface area (Å²) in [5, 5.41) is 16.6. The Bertz CT molecular complexity index is 858. The largest absolute Gasteiger partial charge is 0.399 e. The second-order valence-electron chi connectivity index (χ2n) is 5.19. The lowest BCUT2D eigenvalue weighted by Gasteiger charge is -2.09. The number of carbonyl (C=O) groups is 1. The van der Waals surface area contributed by atoms with Gasteiger partial charge in [0.05, 0.1) is 10.5 Å². The smallest absolute Gasteiger partial charge is 0.271 e. The van der Waals surface area contributed by atoms with Crippen molar-refractivity contribution in [1.82, 2.24) is 0 Å². The van der Waals surface area contributed by atoms with Crippen LogP contribution in [-0.4, -0.2) is 10.8 Å². The van der Waals surface area contributed by atoms with Crippen molar-refractivity contribution in [3.8, 4) is 0 Å². The number of benzene rings is 2. The molecule has 0 aliphatic carbocycles. The summed E-state index contributed by atoms with van der Waals surface area (Å²) in [5.74, 6) is -0.235. The number of anilines is 3. The molecule has 4 N–H and O–H groups in total. The minimum atomic E-state index is -0.466. The fourth-order valence-electron chi connectivity index (χ4n) is 2.53. The Morgan fingerprint density at radius 3 is 2.78 bits per heavy atom. The first-order valence-electron chi connectivity index (χ1n) is 6.89. The summed E-state index contributed by atoms with van der Waals surface area (Å²) < 4.78 is 0. The highest BCUT2D eigenvalue weighted by Crippen LogP contribution is 2.35. The van der Waals surface area contributed by atoms with Crippen LogP contribution in [0.4, 0.5) is 22.7 Å². The first-order valence-corrected chi connectivity index (χ1v) is 6.89. The van der Waals surface area contributed by atoms with E-state index in [0.717, 1.165) is 0 Å². The summed E-state index contributed by atoms with van der Waals surface area (Å²) >= 11 is 0. The molecule has 0 saturated heterocycles. The molecule has 0 saturated carbocycles. The number of nitrogens with one attached hydrogen (secondary N) is 2. The molecular weight excluding hydrogens is 296 g/mol. The van der Waals surface area contributed by atoms with E-state index in [1.165, 1.54) is 12.1 Å². The number of allylic oxidation sites excluding steroid dienone is 1. The number of non-ortho nitro benzene ring substituents is 1. The van der Waals surface area contributed by atoms with Crippen LogP contribution in [0.5, 0.6) is 0 Å². The Balaban J connectivity index is 1.99. The van der Waals surface area contributed by atoms with E-state index >= 15 is 0 Å². The Hall–Kier alpha value is -3.35. The van der Waals surface area contributed by atoms with Gasteiger partial charge in [-0.3, -0.25) is 14.9 Å². The summed E-state index contributed by atoms with van der Waals surface area (Å²) in [6.45, 7) is 1.74. The third kappa shape index (κ3) is 2.71. The van der Waals surface area contributed by atoms with Gasteiger partial charge in [0.25, 0.3) is 11.6 Å². The maximum atomic E-state index is 12.2. The van der Waals surface area contributed by atoms with Gasteiger partial charge in [0.1, 0.15) is 0 Å². The molecule has 1 heterocycles. The van der Waals surface area contributed by atoms with E-state index in [1.807, 2.05) is 0 Å². The average molecular weight is 310 g/mol. The van der Waals surface area contributed by atoms with E-state index in [0.29, 0.717) is 33.9 Å². The predicted molar refractivity (Wildman–Crippen MR) is 88.8 cm³/mol. The predicted octanol–water partition coefficient (Wildman–Crippen LogP) is 2.97. The summed E-state index contributed by atoms with van der Waals surface area (Å²) in [6.07, 6.45) is 0. The van der Waals surface area contributed by atoms with Crippen molar-refractivity contribution in [1.29, 1.82) is 0 Å². The van der Waals surface area contributed by atoms with E-state index < -0.39 is 4.92 Å². The average Bonchev–Trinajstić information content (AvgIpc) is 2.82. The zero-order valence-corrected chi connectivity index (χ0v) is 12.3. The van der Waals surface area contributed by atoms with Crippen LogP contribution in [-0.2, 0) is 4.79 Å². The molecule has 1 aliphatic heterocycles. The van der Waals surface area contributed by atoms with Crippen LogP contribution in [0.1, 0.15) is 12.5 Å². The van der Waals surface area contributed by atoms with Crippen molar-refractivity contribution < 1.29 is 9.72 Å². The maximum absolute atomic E-state index is 12.2. The zero-order chi connectivity index (χ0) is 16.6. The van der Waals surface area contributed by atoms with E-state index in [9.17, 15) is 14.9 Å². The summed E-state index contributed by atoms with van der Waals surface area (Å²) in [5.41, 5.74) is 9.33. The van der Waals surface area contributed by atoms with E-state index in [1.54, 1.807) is 37.3 Å². The molecule has 2 aromatic rings. The van der Waals surface area contributed by atoms with Gasteiger partial charge in [-0.2, -0.15) is 0 Å². The van der Waals surface area contributed by atoms with Crippen molar-refractivity contribution in [2.45, 2.75) is 6.92 Å². The fraction of sp³-hybridized carbons (Fsp3) is 0.0625. The van der Waals surface area contributed by atoms with E-state index in [-0.39, 0.29) is 11.6 Å². The topological polar surface area (TPSA) is 110 Å². The second kappa shape index (κ2) is 5.45. The van der Waals surface area contributed by atoms with E-state index in [2.05, 4.69) is 10.6 Å². The molecule has 0 fully saturated rings. The quantitative estimate of drug-likeness (QED) is 0.349. The molecule has 23 heavy (non-hydrogen) atoms. The van der Waals surface area contributed by atoms with E-state index in [4.69, 9.17) is 5.73 Å². The Labute approximate surface area is 132 Å². The van der Waals surface area contributed by atoms with Crippen molar-refractivity contribution in [3.63, 3.8) is 0 Å². The van der Waals surface area contributed by atoms with Gasteiger partial charge in [-0.1, -0.05) is 6.07 Å². The van der Waals surface area contributed by atoms with Gasteiger partial charge in [-0.25, -0.2) is 0 Å². The first-order chi connectivity index (χ1) is 11.0. The lowest BCUT2D eigenvalue weighted by Crippen LogP contribution is -2.08. The maximum Gasteiger partial charge on any atom is 0.271 e. The van der Waals surface area contributed by atoms with Crippen molar-refractivity contribution >= 4 is 34.2 Å². The van der Waals surface area contributed by atoms with Crippen LogP contribution in [0.2, 0.25) is 0 Å². The number of nitrogens with zero attached hydrogens (tertiary/aromatic N) is 1. The van der Waals surface area contributed by atoms with Crippen molar-refractivity contribution in [2.75, 3.05) is 16.4 Å². The number of rotatable bonds is 3. The monoisotopic (exact) mass is 310 g/mol. The van der Waals surface area contributed by atoms with Gasteiger partial charge >= 0.3 is 0 Å². The third-order valence-electron chi connectivity index (χ3n) is 3.55. The SMILES string of the molecule is CC(Nc1cccc([N+](=O)[O-])c1)=C1C(=O)Nc2ccc(N)cc21. The summed E-state index contributed by atoms with van der Waals surface area (Å²) in [4.78, 5) is 22.6. The molecule has 0 bridgehead atoms. The number of nitrogen functional groups attached to an aromatic ring is 1. The van der Waals surface area contributed by atoms with Crippen molar-refractivity contribution in [3.05, 3.63) is 63.8 Å². The molecule has 7 heteroatoms. The minimum absolute atomic E-state index is 0.0201. The van der Waals surface area contributed by atoms with Crippen LogP contribution >= 0.6 is 0 Å². The Kier molecular flexibility index (Phi) is 3.46.